The number of nitrogens with zero attached hydrogens (tertiary/aromatic N) is 1. The summed E-state index contributed by atoms with van der Waals surface area (Å²) < 4.78 is 0. The smallest absolute Gasteiger partial charge is 0.335 e. The lowest BCUT2D eigenvalue weighted by molar-refractivity contribution is 0.0651. The summed E-state index contributed by atoms with van der Waals surface area (Å²) in [6, 6.07) is 13.2. The molecule has 1 aliphatic heterocycles. The first-order valence-electron chi connectivity index (χ1n) is 6.85. The van der Waals surface area contributed by atoms with Crippen molar-refractivity contribution in [2.24, 2.45) is 0 Å². The first-order valence-corrected chi connectivity index (χ1v) is 6.85. The van der Waals surface area contributed by atoms with Gasteiger partial charge in [-0.3, -0.25) is 14.5 Å². The molecule has 0 unspecified atom stereocenters. The second kappa shape index (κ2) is 5.44. The van der Waals surface area contributed by atoms with Crippen LogP contribution in [0.5, 0.6) is 0 Å². The number of carboxylic acids is 1. The van der Waals surface area contributed by atoms with Gasteiger partial charge in [0.25, 0.3) is 11.8 Å². The van der Waals surface area contributed by atoms with Crippen molar-refractivity contribution in [1.29, 1.82) is 0 Å². The van der Waals surface area contributed by atoms with Gasteiger partial charge in [-0.05, 0) is 36.2 Å². The molecule has 3 rings (SSSR count). The molecular formula is C17H13NO4. The van der Waals surface area contributed by atoms with Gasteiger partial charge in [0.1, 0.15) is 0 Å². The van der Waals surface area contributed by atoms with Crippen molar-refractivity contribution >= 4 is 17.8 Å². The van der Waals surface area contributed by atoms with Gasteiger partial charge in [-0.2, -0.15) is 0 Å². The van der Waals surface area contributed by atoms with Gasteiger partial charge in [0.15, 0.2) is 0 Å². The lowest BCUT2D eigenvalue weighted by Crippen LogP contribution is -2.31. The number of hydrogen-bond acceptors (Lipinski definition) is 3. The quantitative estimate of drug-likeness (QED) is 0.878. The molecule has 2 aromatic rings. The van der Waals surface area contributed by atoms with Crippen molar-refractivity contribution in [1.82, 2.24) is 4.90 Å². The van der Waals surface area contributed by atoms with E-state index >= 15 is 0 Å². The first kappa shape index (κ1) is 14.0. The predicted octanol–water partition coefficient (Wildman–Crippen LogP) is 2.22. The molecule has 0 saturated carbocycles. The molecule has 5 nitrogen and oxygen atoms in total. The minimum absolute atomic E-state index is 0.194. The minimum Gasteiger partial charge on any atom is -0.478 e. The molecule has 110 valence electrons. The zero-order valence-electron chi connectivity index (χ0n) is 11.7. The van der Waals surface area contributed by atoms with Gasteiger partial charge in [-0.1, -0.05) is 24.3 Å². The van der Waals surface area contributed by atoms with Crippen LogP contribution in [0.1, 0.15) is 36.6 Å². The zero-order chi connectivity index (χ0) is 15.7. The lowest BCUT2D eigenvalue weighted by Gasteiger charge is -2.13. The fraction of sp³-hybridized carbons (Fsp3) is 0.118. The molecule has 0 saturated heterocycles. The van der Waals surface area contributed by atoms with Crippen LogP contribution in [0.25, 0.3) is 0 Å². The highest BCUT2D eigenvalue weighted by atomic mass is 16.4. The number of carbonyl (C=O) groups is 3. The van der Waals surface area contributed by atoms with E-state index < -0.39 is 5.97 Å². The number of hydrogen-bond donors (Lipinski definition) is 1. The number of aromatic carboxylic acids is 1. The molecule has 0 bridgehead atoms. The predicted molar refractivity (Wildman–Crippen MR) is 78.9 cm³/mol. The third kappa shape index (κ3) is 2.37. The van der Waals surface area contributed by atoms with Crippen LogP contribution in [-0.2, 0) is 6.42 Å². The summed E-state index contributed by atoms with van der Waals surface area (Å²) in [6.07, 6.45) is 0.423. The summed E-state index contributed by atoms with van der Waals surface area (Å²) in [5.41, 5.74) is 1.81. The summed E-state index contributed by atoms with van der Waals surface area (Å²) in [5.74, 6) is -1.59. The van der Waals surface area contributed by atoms with Crippen molar-refractivity contribution in [3.63, 3.8) is 0 Å². The van der Waals surface area contributed by atoms with Crippen molar-refractivity contribution in [3.8, 4) is 0 Å². The van der Waals surface area contributed by atoms with Gasteiger partial charge in [0.2, 0.25) is 0 Å². The molecule has 0 atom stereocenters. The molecule has 0 radical (unpaired) electrons. The van der Waals surface area contributed by atoms with Crippen molar-refractivity contribution in [3.05, 3.63) is 70.8 Å². The molecule has 1 N–H and O–H groups in total. The van der Waals surface area contributed by atoms with Gasteiger partial charge >= 0.3 is 5.97 Å². The Kier molecular flexibility index (Phi) is 3.47. The van der Waals surface area contributed by atoms with Crippen molar-refractivity contribution in [2.45, 2.75) is 6.42 Å². The maximum absolute atomic E-state index is 12.2. The Morgan fingerprint density at radius 2 is 1.59 bits per heavy atom. The molecule has 0 fully saturated rings. The SMILES string of the molecule is O=C(O)c1cccc(CCN2C(=O)c3ccccc3C2=O)c1. The Labute approximate surface area is 126 Å². The molecular weight excluding hydrogens is 282 g/mol. The van der Waals surface area contributed by atoms with E-state index in [4.69, 9.17) is 5.11 Å². The van der Waals surface area contributed by atoms with Crippen LogP contribution in [0.2, 0.25) is 0 Å². The van der Waals surface area contributed by atoms with E-state index in [0.29, 0.717) is 17.5 Å². The number of imide groups is 1. The Morgan fingerprint density at radius 3 is 2.18 bits per heavy atom. The molecule has 0 aliphatic carbocycles. The minimum atomic E-state index is -0.998. The van der Waals surface area contributed by atoms with Crippen LogP contribution in [0.3, 0.4) is 0 Å². The van der Waals surface area contributed by atoms with Crippen molar-refractivity contribution in [2.75, 3.05) is 6.54 Å². The normalized spacial score (nSPS) is 13.4. The Morgan fingerprint density at radius 1 is 0.955 bits per heavy atom. The number of rotatable bonds is 4. The van der Waals surface area contributed by atoms with E-state index in [9.17, 15) is 14.4 Å². The van der Waals surface area contributed by atoms with Crippen LogP contribution in [0.15, 0.2) is 48.5 Å². The Balaban J connectivity index is 1.76. The maximum Gasteiger partial charge on any atom is 0.335 e. The summed E-state index contributed by atoms with van der Waals surface area (Å²) >= 11 is 0. The van der Waals surface area contributed by atoms with E-state index in [2.05, 4.69) is 0 Å². The average Bonchev–Trinajstić information content (AvgIpc) is 2.78. The number of carbonyl (C=O) groups excluding carboxylic acids is 2. The summed E-state index contributed by atoms with van der Waals surface area (Å²) in [4.78, 5) is 36.6. The highest BCUT2D eigenvalue weighted by Gasteiger charge is 2.34. The summed E-state index contributed by atoms with van der Waals surface area (Å²) in [7, 11) is 0. The molecule has 2 aromatic carbocycles. The monoisotopic (exact) mass is 295 g/mol. The lowest BCUT2D eigenvalue weighted by atomic mass is 10.1. The van der Waals surface area contributed by atoms with Crippen molar-refractivity contribution < 1.29 is 19.5 Å². The van der Waals surface area contributed by atoms with Crippen LogP contribution in [0.4, 0.5) is 0 Å². The number of amides is 2. The molecule has 1 aliphatic rings. The maximum atomic E-state index is 12.2. The van der Waals surface area contributed by atoms with Crippen LogP contribution in [-0.4, -0.2) is 34.3 Å². The first-order chi connectivity index (χ1) is 10.6. The average molecular weight is 295 g/mol. The summed E-state index contributed by atoms with van der Waals surface area (Å²) in [6.45, 7) is 0.232. The van der Waals surface area contributed by atoms with Crippen LogP contribution < -0.4 is 0 Å². The largest absolute Gasteiger partial charge is 0.478 e. The molecule has 0 spiro atoms. The number of fused-ring (bicyclic) bond motifs is 1. The number of benzene rings is 2. The number of carboxylic acid groups (broad SMARTS) is 1. The van der Waals surface area contributed by atoms with Gasteiger partial charge in [0.05, 0.1) is 16.7 Å². The molecule has 22 heavy (non-hydrogen) atoms. The van der Waals surface area contributed by atoms with Gasteiger partial charge < -0.3 is 5.11 Å². The second-order valence-corrected chi connectivity index (χ2v) is 5.06. The van der Waals surface area contributed by atoms with Gasteiger partial charge in [-0.25, -0.2) is 4.79 Å². The van der Waals surface area contributed by atoms with Crippen LogP contribution in [0, 0.1) is 0 Å². The molecule has 1 heterocycles. The molecule has 2 amide bonds. The standard InChI is InChI=1S/C17H13NO4/c19-15-13-6-1-2-7-14(13)16(20)18(15)9-8-11-4-3-5-12(10-11)17(21)22/h1-7,10H,8-9H2,(H,21,22). The third-order valence-corrected chi connectivity index (χ3v) is 3.68. The molecule has 5 heteroatoms. The van der Waals surface area contributed by atoms with E-state index in [0.717, 1.165) is 5.56 Å². The van der Waals surface area contributed by atoms with E-state index in [-0.39, 0.29) is 23.9 Å². The highest BCUT2D eigenvalue weighted by Crippen LogP contribution is 2.22. The Bertz CT molecular complexity index is 747. The highest BCUT2D eigenvalue weighted by molar-refractivity contribution is 6.21. The molecule has 0 aromatic heterocycles. The Hall–Kier alpha value is -2.95. The van der Waals surface area contributed by atoms with Crippen LogP contribution >= 0.6 is 0 Å². The third-order valence-electron chi connectivity index (χ3n) is 3.68. The fourth-order valence-corrected chi connectivity index (χ4v) is 2.54. The zero-order valence-corrected chi connectivity index (χ0v) is 11.7. The van der Waals surface area contributed by atoms with Gasteiger partial charge in [0, 0.05) is 6.54 Å². The fourth-order valence-electron chi connectivity index (χ4n) is 2.54. The van der Waals surface area contributed by atoms with E-state index in [1.54, 1.807) is 42.5 Å². The van der Waals surface area contributed by atoms with Gasteiger partial charge in [-0.15, -0.1) is 0 Å². The van der Waals surface area contributed by atoms with E-state index in [1.807, 2.05) is 0 Å². The summed E-state index contributed by atoms with van der Waals surface area (Å²) in [5, 5.41) is 8.97. The van der Waals surface area contributed by atoms with E-state index in [1.165, 1.54) is 11.0 Å². The topological polar surface area (TPSA) is 74.7 Å². The second-order valence-electron chi connectivity index (χ2n) is 5.06.